The number of aryl methyl sites for hydroxylation is 1. The number of fused-ring (bicyclic) bond motifs is 3. The molecule has 172 valence electrons. The second kappa shape index (κ2) is 8.62. The molecule has 0 radical (unpaired) electrons. The number of hydrogen-bond donors (Lipinski definition) is 0. The van der Waals surface area contributed by atoms with Crippen LogP contribution in [0, 0.1) is 0 Å². The highest BCUT2D eigenvalue weighted by Crippen LogP contribution is 2.57. The van der Waals surface area contributed by atoms with Crippen LogP contribution in [0.1, 0.15) is 30.5 Å². The maximum absolute atomic E-state index is 13.4. The van der Waals surface area contributed by atoms with Crippen LogP contribution in [0.3, 0.4) is 0 Å². The van der Waals surface area contributed by atoms with Crippen molar-refractivity contribution in [3.63, 3.8) is 0 Å². The first-order chi connectivity index (χ1) is 16.2. The Labute approximate surface area is 203 Å². The smallest absolute Gasteiger partial charge is 0.238 e. The van der Waals surface area contributed by atoms with Crippen molar-refractivity contribution in [1.29, 1.82) is 0 Å². The fourth-order valence-corrected chi connectivity index (χ4v) is 6.31. The number of benzene rings is 1. The molecule has 1 spiro atoms. The van der Waals surface area contributed by atoms with E-state index in [1.165, 1.54) is 5.52 Å². The lowest BCUT2D eigenvalue weighted by molar-refractivity contribution is -0.120. The van der Waals surface area contributed by atoms with Crippen molar-refractivity contribution in [2.75, 3.05) is 37.0 Å². The van der Waals surface area contributed by atoms with Gasteiger partial charge >= 0.3 is 0 Å². The summed E-state index contributed by atoms with van der Waals surface area (Å²) in [6.45, 7) is 5.09. The highest BCUT2D eigenvalue weighted by Gasteiger charge is 2.59. The molecule has 1 amide bonds. The lowest BCUT2D eigenvalue weighted by Crippen LogP contribution is -2.32. The van der Waals surface area contributed by atoms with Crippen LogP contribution in [0.25, 0.3) is 10.9 Å². The Morgan fingerprint density at radius 1 is 1.15 bits per heavy atom. The van der Waals surface area contributed by atoms with Gasteiger partial charge in [-0.2, -0.15) is 0 Å². The number of carbonyl (C=O) groups excluding carboxylic acids is 1. The van der Waals surface area contributed by atoms with Gasteiger partial charge in [0, 0.05) is 53.2 Å². The van der Waals surface area contributed by atoms with Gasteiger partial charge in [0.2, 0.25) is 5.91 Å². The van der Waals surface area contributed by atoms with Gasteiger partial charge in [-0.05, 0) is 55.2 Å². The highest BCUT2D eigenvalue weighted by molar-refractivity contribution is 7.97. The number of nitrogens with zero attached hydrogens (tertiary/aromatic N) is 4. The summed E-state index contributed by atoms with van der Waals surface area (Å²) in [5, 5.41) is 1.86. The normalized spacial score (nSPS) is 19.5. The second-order valence-electron chi connectivity index (χ2n) is 9.08. The summed E-state index contributed by atoms with van der Waals surface area (Å²) in [7, 11) is 0. The molecule has 0 unspecified atom stereocenters. The molecule has 2 aromatic heterocycles. The molecule has 1 aliphatic carbocycles. The predicted octanol–water partition coefficient (Wildman–Crippen LogP) is 4.64. The van der Waals surface area contributed by atoms with Gasteiger partial charge in [-0.25, -0.2) is 4.31 Å². The zero-order chi connectivity index (χ0) is 22.4. The minimum absolute atomic E-state index is 0.225. The number of carbonyl (C=O) groups is 1. The number of aromatic nitrogens is 2. The fraction of sp³-hybridized carbons (Fsp3) is 0.440. The molecule has 1 saturated heterocycles. The Kier molecular flexibility index (Phi) is 5.61. The Bertz CT molecular complexity index is 1200. The van der Waals surface area contributed by atoms with Crippen LogP contribution in [0.2, 0.25) is 5.02 Å². The fourth-order valence-electron chi connectivity index (χ4n) is 5.20. The van der Waals surface area contributed by atoms with Crippen molar-refractivity contribution in [1.82, 2.24) is 13.9 Å². The third kappa shape index (κ3) is 3.85. The van der Waals surface area contributed by atoms with Crippen LogP contribution in [0.15, 0.2) is 42.7 Å². The molecule has 0 atom stereocenters. The third-order valence-corrected chi connectivity index (χ3v) is 8.49. The van der Waals surface area contributed by atoms with E-state index >= 15 is 0 Å². The van der Waals surface area contributed by atoms with Crippen LogP contribution in [-0.2, 0) is 28.0 Å². The summed E-state index contributed by atoms with van der Waals surface area (Å²) >= 11 is 8.21. The molecule has 0 bridgehead atoms. The molecule has 6 nitrogen and oxygen atoms in total. The first-order valence-corrected chi connectivity index (χ1v) is 13.0. The molecule has 1 aromatic carbocycles. The van der Waals surface area contributed by atoms with Gasteiger partial charge in [0.15, 0.2) is 0 Å². The van der Waals surface area contributed by atoms with Crippen molar-refractivity contribution < 1.29 is 9.53 Å². The van der Waals surface area contributed by atoms with Gasteiger partial charge in [0.1, 0.15) is 0 Å². The second-order valence-corrected chi connectivity index (χ2v) is 10.7. The van der Waals surface area contributed by atoms with Crippen LogP contribution >= 0.6 is 23.5 Å². The maximum Gasteiger partial charge on any atom is 0.238 e. The van der Waals surface area contributed by atoms with E-state index in [9.17, 15) is 4.79 Å². The summed E-state index contributed by atoms with van der Waals surface area (Å²) in [5.41, 5.74) is 4.13. The van der Waals surface area contributed by atoms with Gasteiger partial charge in [0.25, 0.3) is 0 Å². The van der Waals surface area contributed by atoms with E-state index in [1.54, 1.807) is 6.20 Å². The molecule has 2 fully saturated rings. The van der Waals surface area contributed by atoms with Crippen molar-refractivity contribution in [3.8, 4) is 0 Å². The average molecular weight is 483 g/mol. The standard InChI is InChI=1S/C25H27ClN4O2S/c26-19-2-3-22-18(14-19)15-20(29(22)8-1-13-33-28-9-11-32-12-10-28)17-30-23-16-27-7-4-21(23)25(5-6-25)24(30)31/h2-4,7,14-16H,1,5-6,8-13,17H2. The number of anilines is 1. The summed E-state index contributed by atoms with van der Waals surface area (Å²) in [5.74, 6) is 1.29. The molecule has 4 heterocycles. The monoisotopic (exact) mass is 482 g/mol. The first kappa shape index (κ1) is 21.5. The first-order valence-electron chi connectivity index (χ1n) is 11.7. The van der Waals surface area contributed by atoms with Gasteiger partial charge in [-0.1, -0.05) is 23.5 Å². The van der Waals surface area contributed by atoms with Crippen LogP contribution in [-0.4, -0.2) is 51.8 Å². The van der Waals surface area contributed by atoms with Crippen molar-refractivity contribution in [2.45, 2.75) is 37.8 Å². The van der Waals surface area contributed by atoms with Crippen LogP contribution in [0.5, 0.6) is 0 Å². The molecule has 8 heteroatoms. The summed E-state index contributed by atoms with van der Waals surface area (Å²) in [6, 6.07) is 10.3. The zero-order valence-electron chi connectivity index (χ0n) is 18.5. The lowest BCUT2D eigenvalue weighted by atomic mass is 9.99. The van der Waals surface area contributed by atoms with E-state index in [-0.39, 0.29) is 11.3 Å². The van der Waals surface area contributed by atoms with E-state index in [1.807, 2.05) is 41.2 Å². The number of halogens is 1. The minimum Gasteiger partial charge on any atom is -0.379 e. The van der Waals surface area contributed by atoms with Crippen molar-refractivity contribution >= 4 is 46.0 Å². The highest BCUT2D eigenvalue weighted by atomic mass is 35.5. The number of ether oxygens (including phenoxy) is 1. The zero-order valence-corrected chi connectivity index (χ0v) is 20.1. The number of morpholine rings is 1. The molecular formula is C25H27ClN4O2S. The van der Waals surface area contributed by atoms with Gasteiger partial charge in [0.05, 0.1) is 37.1 Å². The molecule has 2 aliphatic heterocycles. The Hall–Kier alpha value is -2.06. The lowest BCUT2D eigenvalue weighted by Gasteiger charge is -2.25. The van der Waals surface area contributed by atoms with Gasteiger partial charge in [-0.3, -0.25) is 9.78 Å². The number of rotatable bonds is 7. The third-order valence-electron chi connectivity index (χ3n) is 7.05. The predicted molar refractivity (Wildman–Crippen MR) is 133 cm³/mol. The molecule has 0 N–H and O–H groups in total. The molecule has 1 saturated carbocycles. The van der Waals surface area contributed by atoms with E-state index in [0.29, 0.717) is 6.54 Å². The Morgan fingerprint density at radius 2 is 2.00 bits per heavy atom. The summed E-state index contributed by atoms with van der Waals surface area (Å²) in [6.07, 6.45) is 6.59. The van der Waals surface area contributed by atoms with E-state index in [2.05, 4.69) is 26.0 Å². The van der Waals surface area contributed by atoms with Crippen LogP contribution in [0.4, 0.5) is 5.69 Å². The SMILES string of the molecule is O=C1N(Cc2cc3cc(Cl)ccc3n2CCCSN2CCOCC2)c2cnccc2C12CC2. The average Bonchev–Trinajstić information content (AvgIpc) is 3.53. The molecule has 33 heavy (non-hydrogen) atoms. The van der Waals surface area contributed by atoms with Crippen molar-refractivity contribution in [2.24, 2.45) is 0 Å². The topological polar surface area (TPSA) is 50.6 Å². The summed E-state index contributed by atoms with van der Waals surface area (Å²) in [4.78, 5) is 19.7. The molecular weight excluding hydrogens is 456 g/mol. The number of pyridine rings is 1. The number of hydrogen-bond acceptors (Lipinski definition) is 5. The van der Waals surface area contributed by atoms with E-state index in [0.717, 1.165) is 85.2 Å². The van der Waals surface area contributed by atoms with Gasteiger partial charge in [-0.15, -0.1) is 0 Å². The molecule has 3 aliphatic rings. The number of amides is 1. The van der Waals surface area contributed by atoms with Gasteiger partial charge < -0.3 is 14.2 Å². The minimum atomic E-state index is -0.298. The Morgan fingerprint density at radius 3 is 2.82 bits per heavy atom. The molecule has 6 rings (SSSR count). The maximum atomic E-state index is 13.4. The van der Waals surface area contributed by atoms with Crippen molar-refractivity contribution in [3.05, 3.63) is 59.0 Å². The van der Waals surface area contributed by atoms with E-state index < -0.39 is 0 Å². The van der Waals surface area contributed by atoms with E-state index in [4.69, 9.17) is 16.3 Å². The summed E-state index contributed by atoms with van der Waals surface area (Å²) < 4.78 is 10.2. The largest absolute Gasteiger partial charge is 0.379 e. The molecule has 3 aromatic rings. The van der Waals surface area contributed by atoms with Crippen LogP contribution < -0.4 is 4.90 Å². The Balaban J connectivity index is 1.25. The quantitative estimate of drug-likeness (QED) is 0.363.